The summed E-state index contributed by atoms with van der Waals surface area (Å²) in [5, 5.41) is 0. The van der Waals surface area contributed by atoms with Crippen LogP contribution < -0.4 is 5.73 Å². The van der Waals surface area contributed by atoms with Crippen LogP contribution in [0, 0.1) is 11.3 Å². The highest BCUT2D eigenvalue weighted by Crippen LogP contribution is 2.52. The van der Waals surface area contributed by atoms with Crippen molar-refractivity contribution in [3.63, 3.8) is 0 Å². The zero-order chi connectivity index (χ0) is 15.6. The average molecular weight is 437 g/mol. The van der Waals surface area contributed by atoms with Gasteiger partial charge in [0, 0.05) is 38.3 Å². The van der Waals surface area contributed by atoms with Gasteiger partial charge in [0.1, 0.15) is 0 Å². The third-order valence-electron chi connectivity index (χ3n) is 5.80. The highest BCUT2D eigenvalue weighted by Gasteiger charge is 2.56. The molecule has 0 aromatic carbocycles. The molecule has 0 aromatic heterocycles. The molecule has 1 spiro atoms. The first kappa shape index (κ1) is 19.2. The van der Waals surface area contributed by atoms with Gasteiger partial charge in [-0.3, -0.25) is 0 Å². The molecule has 0 radical (unpaired) electrons. The molecule has 3 aliphatic rings. The largest absolute Gasteiger partial charge is 0.381 e. The van der Waals surface area contributed by atoms with E-state index in [1.165, 1.54) is 12.8 Å². The van der Waals surface area contributed by atoms with E-state index in [-0.39, 0.29) is 29.4 Å². The molecular formula is C17H32IN3O2. The SMILES string of the molecule is CCOC1CC(N=C(N)N2CCCC(C)C2)C12CCOCC2.I. The molecule has 23 heavy (non-hydrogen) atoms. The molecule has 3 fully saturated rings. The highest BCUT2D eigenvalue weighted by molar-refractivity contribution is 14.0. The number of rotatable bonds is 3. The summed E-state index contributed by atoms with van der Waals surface area (Å²) in [6.45, 7) is 8.92. The van der Waals surface area contributed by atoms with Crippen LogP contribution in [0.15, 0.2) is 4.99 Å². The quantitative estimate of drug-likeness (QED) is 0.419. The van der Waals surface area contributed by atoms with Crippen LogP contribution in [-0.2, 0) is 9.47 Å². The van der Waals surface area contributed by atoms with Crippen LogP contribution in [0.3, 0.4) is 0 Å². The third-order valence-corrected chi connectivity index (χ3v) is 5.80. The fourth-order valence-electron chi connectivity index (χ4n) is 4.39. The summed E-state index contributed by atoms with van der Waals surface area (Å²) in [4.78, 5) is 7.21. The molecular weight excluding hydrogens is 405 g/mol. The average Bonchev–Trinajstić information content (AvgIpc) is 2.54. The minimum atomic E-state index is 0. The Morgan fingerprint density at radius 2 is 2.13 bits per heavy atom. The van der Waals surface area contributed by atoms with Crippen molar-refractivity contribution in [2.75, 3.05) is 32.9 Å². The maximum absolute atomic E-state index is 6.33. The Balaban J connectivity index is 0.00000192. The fourth-order valence-corrected chi connectivity index (χ4v) is 4.39. The van der Waals surface area contributed by atoms with Gasteiger partial charge in [0.2, 0.25) is 0 Å². The second kappa shape index (κ2) is 8.34. The summed E-state index contributed by atoms with van der Waals surface area (Å²) in [5.74, 6) is 1.47. The normalized spacial score (nSPS) is 33.9. The van der Waals surface area contributed by atoms with Gasteiger partial charge in [-0.1, -0.05) is 6.92 Å². The molecule has 1 saturated carbocycles. The number of hydrogen-bond donors (Lipinski definition) is 1. The van der Waals surface area contributed by atoms with Crippen molar-refractivity contribution in [2.45, 2.75) is 58.1 Å². The molecule has 1 aliphatic carbocycles. The van der Waals surface area contributed by atoms with Crippen molar-refractivity contribution < 1.29 is 9.47 Å². The molecule has 2 aliphatic heterocycles. The molecule has 3 rings (SSSR count). The van der Waals surface area contributed by atoms with Crippen LogP contribution >= 0.6 is 24.0 Å². The van der Waals surface area contributed by atoms with Gasteiger partial charge in [0.15, 0.2) is 5.96 Å². The van der Waals surface area contributed by atoms with Gasteiger partial charge in [0.05, 0.1) is 12.1 Å². The van der Waals surface area contributed by atoms with Gasteiger partial charge in [-0.2, -0.15) is 0 Å². The van der Waals surface area contributed by atoms with Crippen LogP contribution in [0.25, 0.3) is 0 Å². The molecule has 0 amide bonds. The first-order valence-electron chi connectivity index (χ1n) is 8.93. The van der Waals surface area contributed by atoms with Crippen LogP contribution in [0.4, 0.5) is 0 Å². The molecule has 0 bridgehead atoms. The van der Waals surface area contributed by atoms with Gasteiger partial charge in [-0.05, 0) is 44.9 Å². The number of ether oxygens (including phenoxy) is 2. The van der Waals surface area contributed by atoms with E-state index in [1.807, 2.05) is 0 Å². The number of piperidine rings is 1. The zero-order valence-electron chi connectivity index (χ0n) is 14.5. The summed E-state index contributed by atoms with van der Waals surface area (Å²) >= 11 is 0. The smallest absolute Gasteiger partial charge is 0.191 e. The van der Waals surface area contributed by atoms with E-state index in [0.29, 0.717) is 12.1 Å². The first-order chi connectivity index (χ1) is 10.7. The summed E-state index contributed by atoms with van der Waals surface area (Å²) < 4.78 is 11.5. The second-order valence-electron chi connectivity index (χ2n) is 7.22. The van der Waals surface area contributed by atoms with E-state index >= 15 is 0 Å². The van der Waals surface area contributed by atoms with Gasteiger partial charge in [-0.25, -0.2) is 4.99 Å². The predicted octanol–water partition coefficient (Wildman–Crippen LogP) is 2.63. The number of aliphatic imine (C=N–C) groups is 1. The van der Waals surface area contributed by atoms with Gasteiger partial charge in [-0.15, -0.1) is 24.0 Å². The van der Waals surface area contributed by atoms with Crippen LogP contribution in [0.5, 0.6) is 0 Å². The van der Waals surface area contributed by atoms with Crippen LogP contribution in [0.1, 0.15) is 46.0 Å². The van der Waals surface area contributed by atoms with Crippen LogP contribution in [0.2, 0.25) is 0 Å². The number of nitrogens with zero attached hydrogens (tertiary/aromatic N) is 2. The maximum Gasteiger partial charge on any atom is 0.191 e. The molecule has 2 saturated heterocycles. The van der Waals surface area contributed by atoms with E-state index in [0.717, 1.165) is 64.1 Å². The predicted molar refractivity (Wildman–Crippen MR) is 103 cm³/mol. The van der Waals surface area contributed by atoms with E-state index in [9.17, 15) is 0 Å². The minimum Gasteiger partial charge on any atom is -0.381 e. The standard InChI is InChI=1S/C17H31N3O2.HI/c1-3-22-15-11-14(17(15)6-9-21-10-7-17)19-16(18)20-8-4-5-13(2)12-20;/h13-15H,3-12H2,1-2H3,(H2,18,19);1H. The van der Waals surface area contributed by atoms with E-state index < -0.39 is 0 Å². The topological polar surface area (TPSA) is 60.1 Å². The van der Waals surface area contributed by atoms with Crippen molar-refractivity contribution in [1.29, 1.82) is 0 Å². The molecule has 0 aromatic rings. The van der Waals surface area contributed by atoms with E-state index in [1.54, 1.807) is 0 Å². The van der Waals surface area contributed by atoms with Crippen molar-refractivity contribution in [3.05, 3.63) is 0 Å². The lowest BCUT2D eigenvalue weighted by Gasteiger charge is -2.55. The van der Waals surface area contributed by atoms with Gasteiger partial charge in [0.25, 0.3) is 0 Å². The summed E-state index contributed by atoms with van der Waals surface area (Å²) in [7, 11) is 0. The molecule has 5 nitrogen and oxygen atoms in total. The van der Waals surface area contributed by atoms with Crippen molar-refractivity contribution >= 4 is 29.9 Å². The minimum absolute atomic E-state index is 0. The lowest BCUT2D eigenvalue weighted by molar-refractivity contribution is -0.163. The Hall–Kier alpha value is -0.0800. The lowest BCUT2D eigenvalue weighted by atomic mass is 9.58. The Bertz CT molecular complexity index is 413. The van der Waals surface area contributed by atoms with E-state index in [2.05, 4.69) is 18.7 Å². The molecule has 2 heterocycles. The molecule has 6 heteroatoms. The summed E-state index contributed by atoms with van der Waals surface area (Å²) in [6.07, 6.45) is 5.98. The second-order valence-corrected chi connectivity index (χ2v) is 7.22. The van der Waals surface area contributed by atoms with Crippen molar-refractivity contribution in [1.82, 2.24) is 4.90 Å². The number of halogens is 1. The fraction of sp³-hybridized carbons (Fsp3) is 0.941. The molecule has 2 N–H and O–H groups in total. The highest BCUT2D eigenvalue weighted by atomic mass is 127. The summed E-state index contributed by atoms with van der Waals surface area (Å²) in [6, 6.07) is 0.310. The van der Waals surface area contributed by atoms with E-state index in [4.69, 9.17) is 20.2 Å². The van der Waals surface area contributed by atoms with Crippen molar-refractivity contribution in [3.8, 4) is 0 Å². The molecule has 134 valence electrons. The lowest BCUT2D eigenvalue weighted by Crippen LogP contribution is -2.60. The Kier molecular flexibility index (Phi) is 6.98. The molecule has 3 unspecified atom stereocenters. The number of likely N-dealkylation sites (tertiary alicyclic amines) is 1. The number of guanidine groups is 1. The van der Waals surface area contributed by atoms with Crippen molar-refractivity contribution in [2.24, 2.45) is 22.1 Å². The van der Waals surface area contributed by atoms with Gasteiger partial charge < -0.3 is 20.1 Å². The maximum atomic E-state index is 6.33. The first-order valence-corrected chi connectivity index (χ1v) is 8.93. The summed E-state index contributed by atoms with van der Waals surface area (Å²) in [5.41, 5.74) is 6.50. The Morgan fingerprint density at radius 1 is 1.39 bits per heavy atom. The zero-order valence-corrected chi connectivity index (χ0v) is 16.8. The van der Waals surface area contributed by atoms with Gasteiger partial charge >= 0.3 is 0 Å². The van der Waals surface area contributed by atoms with Crippen LogP contribution in [-0.4, -0.2) is 55.9 Å². The Morgan fingerprint density at radius 3 is 2.78 bits per heavy atom. The number of nitrogens with two attached hydrogens (primary N) is 1. The molecule has 3 atom stereocenters. The monoisotopic (exact) mass is 437 g/mol. The Labute approximate surface area is 157 Å². The third kappa shape index (κ3) is 3.95. The number of hydrogen-bond acceptors (Lipinski definition) is 3.